The van der Waals surface area contributed by atoms with Crippen LogP contribution in [-0.4, -0.2) is 54.6 Å². The van der Waals surface area contributed by atoms with E-state index in [1.165, 1.54) is 22.5 Å². The highest BCUT2D eigenvalue weighted by Gasteiger charge is 2.47. The lowest BCUT2D eigenvalue weighted by Gasteiger charge is -2.19. The number of anilines is 1. The zero-order valence-electron chi connectivity index (χ0n) is 12.8. The van der Waals surface area contributed by atoms with Crippen LogP contribution in [0.3, 0.4) is 0 Å². The van der Waals surface area contributed by atoms with Gasteiger partial charge in [0.15, 0.2) is 11.8 Å². The summed E-state index contributed by atoms with van der Waals surface area (Å²) in [6.45, 7) is -0.707. The van der Waals surface area contributed by atoms with Crippen LogP contribution >= 0.6 is 7.82 Å². The highest BCUT2D eigenvalue weighted by atomic mass is 31.2. The number of nitrogens with two attached hydrogens (primary N) is 1. The van der Waals surface area contributed by atoms with Crippen LogP contribution in [0.4, 0.5) is 5.95 Å². The van der Waals surface area contributed by atoms with Gasteiger partial charge in [-0.15, -0.1) is 0 Å². The van der Waals surface area contributed by atoms with E-state index in [1.807, 2.05) is 0 Å². The Balaban J connectivity index is 1.94. The van der Waals surface area contributed by atoms with Gasteiger partial charge in [-0.1, -0.05) is 4.98 Å². The molecule has 1 aliphatic heterocycles. The van der Waals surface area contributed by atoms with Gasteiger partial charge in [-0.2, -0.15) is 0 Å². The molecule has 0 aromatic carbocycles. The molecule has 5 atom stereocenters. The van der Waals surface area contributed by atoms with E-state index in [1.54, 1.807) is 0 Å². The maximum absolute atomic E-state index is 11.9. The fraction of sp³-hybridized carbons (Fsp3) is 0.545. The quantitative estimate of drug-likeness (QED) is 0.299. The van der Waals surface area contributed by atoms with Crippen LogP contribution in [0.15, 0.2) is 6.33 Å². The van der Waals surface area contributed by atoms with Crippen molar-refractivity contribution in [2.75, 3.05) is 12.3 Å². The Kier molecular flexibility index (Phi) is 4.41. The van der Waals surface area contributed by atoms with Gasteiger partial charge >= 0.3 is 5.65 Å². The molecule has 0 aliphatic carbocycles. The maximum Gasteiger partial charge on any atom is 0.309 e. The average Bonchev–Trinajstić information content (AvgIpc) is 2.95. The van der Waals surface area contributed by atoms with Crippen LogP contribution in [0.5, 0.6) is 5.88 Å². The molecule has 5 N–H and O–H groups in total. The van der Waals surface area contributed by atoms with Crippen molar-refractivity contribution in [2.45, 2.75) is 24.5 Å². The number of fused-ring (bicyclic) bond motifs is 1. The molecule has 2 aromatic heterocycles. The number of hydrogen-bond donors (Lipinski definition) is 4. The minimum absolute atomic E-state index is 0.0643. The van der Waals surface area contributed by atoms with Gasteiger partial charge in [0.05, 0.1) is 13.7 Å². The lowest BCUT2D eigenvalue weighted by molar-refractivity contribution is -0.745. The van der Waals surface area contributed by atoms with Crippen molar-refractivity contribution >= 4 is 24.9 Å². The molecule has 3 heterocycles. The molecular weight excluding hydrogens is 361 g/mol. The van der Waals surface area contributed by atoms with E-state index in [-0.39, 0.29) is 17.1 Å². The topological polar surface area (TPSA) is 203 Å². The third-order valence-electron chi connectivity index (χ3n) is 3.76. The van der Waals surface area contributed by atoms with Crippen LogP contribution < -0.4 is 20.3 Å². The molecule has 3 rings (SSSR count). The summed E-state index contributed by atoms with van der Waals surface area (Å²) >= 11 is 0. The van der Waals surface area contributed by atoms with E-state index in [2.05, 4.69) is 14.5 Å². The molecule has 2 aromatic rings. The van der Waals surface area contributed by atoms with Crippen molar-refractivity contribution in [3.63, 3.8) is 0 Å². The van der Waals surface area contributed by atoms with Crippen LogP contribution in [0.1, 0.15) is 6.23 Å². The normalized spacial score (nSPS) is 29.2. The van der Waals surface area contributed by atoms with Gasteiger partial charge in [-0.25, -0.2) is 9.55 Å². The van der Waals surface area contributed by atoms with Crippen molar-refractivity contribution in [3.8, 4) is 5.88 Å². The van der Waals surface area contributed by atoms with Crippen LogP contribution in [-0.2, 0) is 20.9 Å². The summed E-state index contributed by atoms with van der Waals surface area (Å²) < 4.78 is 22.9. The van der Waals surface area contributed by atoms with E-state index in [0.717, 1.165) is 0 Å². The Morgan fingerprint density at radius 2 is 2.16 bits per heavy atom. The number of rotatable bonds is 4. The molecule has 1 fully saturated rings. The largest absolute Gasteiger partial charge is 0.856 e. The number of imidazole rings is 1. The van der Waals surface area contributed by atoms with Gasteiger partial charge < -0.3 is 40.1 Å². The zero-order valence-corrected chi connectivity index (χ0v) is 13.7. The highest BCUT2D eigenvalue weighted by molar-refractivity contribution is 7.44. The number of hydrogen-bond acceptors (Lipinski definition) is 10. The highest BCUT2D eigenvalue weighted by Crippen LogP contribution is 2.34. The first-order valence-corrected chi connectivity index (χ1v) is 8.48. The van der Waals surface area contributed by atoms with E-state index in [0.29, 0.717) is 0 Å². The van der Waals surface area contributed by atoms with Crippen molar-refractivity contribution in [1.29, 1.82) is 0 Å². The molecule has 25 heavy (non-hydrogen) atoms. The first-order chi connectivity index (χ1) is 11.6. The second-order valence-corrected chi connectivity index (χ2v) is 6.70. The summed E-state index contributed by atoms with van der Waals surface area (Å²) in [4.78, 5) is 26.8. The molecule has 14 heteroatoms. The molecule has 1 aliphatic rings. The Hall–Kier alpha value is -1.86. The Bertz CT molecular complexity index is 853. The number of aliphatic hydroxyl groups excluding tert-OH is 2. The fourth-order valence-electron chi connectivity index (χ4n) is 2.68. The maximum atomic E-state index is 11.9. The molecule has 0 spiro atoms. The summed E-state index contributed by atoms with van der Waals surface area (Å²) in [7, 11) is -3.48. The molecular formula is C11H15N5O8P-. The predicted molar refractivity (Wildman–Crippen MR) is 74.3 cm³/mol. The molecule has 138 valence electrons. The van der Waals surface area contributed by atoms with E-state index >= 15 is 0 Å². The smallest absolute Gasteiger partial charge is 0.309 e. The first kappa shape index (κ1) is 17.9. The third-order valence-corrected chi connectivity index (χ3v) is 4.23. The minimum Gasteiger partial charge on any atom is -0.856 e. The number of aryl methyl sites for hydroxylation is 1. The van der Waals surface area contributed by atoms with Crippen molar-refractivity contribution in [1.82, 2.24) is 14.5 Å². The molecule has 13 nitrogen and oxygen atoms in total. The Morgan fingerprint density at radius 3 is 2.80 bits per heavy atom. The summed E-state index contributed by atoms with van der Waals surface area (Å²) in [6.07, 6.45) is -4.06. The lowest BCUT2D eigenvalue weighted by Crippen LogP contribution is -2.46. The molecule has 0 bridgehead atoms. The summed E-state index contributed by atoms with van der Waals surface area (Å²) in [5, 5.41) is 32.1. The summed E-state index contributed by atoms with van der Waals surface area (Å²) in [5.41, 5.74) is 5.64. The van der Waals surface area contributed by atoms with Crippen molar-refractivity contribution < 1.29 is 43.5 Å². The Labute approximate surface area is 140 Å². The minimum atomic E-state index is -5.02. The first-order valence-electron chi connectivity index (χ1n) is 6.99. The van der Waals surface area contributed by atoms with Gasteiger partial charge in [0.2, 0.25) is 6.23 Å². The molecule has 2 unspecified atom stereocenters. The number of aliphatic hydroxyl groups is 2. The molecule has 0 amide bonds. The number of phosphoric acid groups is 1. The molecule has 1 saturated heterocycles. The van der Waals surface area contributed by atoms with E-state index in [9.17, 15) is 24.8 Å². The van der Waals surface area contributed by atoms with Gasteiger partial charge in [0.1, 0.15) is 18.3 Å². The SMILES string of the molecule is Cn1c[n+]([C@@H]2O[C@H](COP(=O)([O-])O)C(O)[C@@H]2O)c2nc(N)nc([O-])c21. The van der Waals surface area contributed by atoms with Gasteiger partial charge in [-0.05, 0) is 0 Å². The van der Waals surface area contributed by atoms with Gasteiger partial charge in [0.25, 0.3) is 13.8 Å². The average molecular weight is 376 g/mol. The second-order valence-electron chi connectivity index (χ2n) is 5.50. The number of phosphoric ester groups is 1. The van der Waals surface area contributed by atoms with E-state index in [4.69, 9.17) is 15.4 Å². The number of nitrogen functional groups attached to an aromatic ring is 1. The number of nitrogens with zero attached hydrogens (tertiary/aromatic N) is 4. The fourth-order valence-corrected chi connectivity index (χ4v) is 3.01. The predicted octanol–water partition coefficient (Wildman–Crippen LogP) is -3.99. The zero-order chi connectivity index (χ0) is 18.5. The standard InChI is InChI=1S/C11H16N5O8P/c1-15-3-16(8-5(15)9(19)14-11(12)13-8)10-7(18)6(17)4(24-10)2-23-25(20,21)22/h3-4,6-7,10,17-18H,2H2,1H3,(H4-,12,13,14,19,20,21,22)/p-1/t4-,6?,7+,10-/m1/s1. The lowest BCUT2D eigenvalue weighted by atomic mass is 10.1. The van der Waals surface area contributed by atoms with Crippen LogP contribution in [0.25, 0.3) is 11.2 Å². The number of ether oxygens (including phenoxy) is 1. The monoisotopic (exact) mass is 376 g/mol. The van der Waals surface area contributed by atoms with E-state index < -0.39 is 44.8 Å². The summed E-state index contributed by atoms with van der Waals surface area (Å²) in [5.74, 6) is -0.915. The van der Waals surface area contributed by atoms with Crippen molar-refractivity contribution in [3.05, 3.63) is 6.33 Å². The second kappa shape index (κ2) is 6.14. The van der Waals surface area contributed by atoms with Gasteiger partial charge in [-0.3, -0.25) is 9.13 Å². The van der Waals surface area contributed by atoms with Crippen LogP contribution in [0, 0.1) is 0 Å². The van der Waals surface area contributed by atoms with Crippen molar-refractivity contribution in [2.24, 2.45) is 7.05 Å². The number of aromatic nitrogens is 4. The Morgan fingerprint density at radius 1 is 1.48 bits per heavy atom. The van der Waals surface area contributed by atoms with Gasteiger partial charge in [0, 0.05) is 5.88 Å². The third kappa shape index (κ3) is 3.30. The summed E-state index contributed by atoms with van der Waals surface area (Å²) in [6, 6.07) is 0. The molecule has 0 radical (unpaired) electrons. The molecule has 0 saturated carbocycles. The van der Waals surface area contributed by atoms with Crippen LogP contribution in [0.2, 0.25) is 0 Å².